The number of halogens is 1. The zero-order valence-corrected chi connectivity index (χ0v) is 11.6. The van der Waals surface area contributed by atoms with Crippen molar-refractivity contribution in [1.29, 1.82) is 0 Å². The van der Waals surface area contributed by atoms with Crippen molar-refractivity contribution in [3.05, 3.63) is 58.4 Å². The quantitative estimate of drug-likeness (QED) is 0.666. The molecule has 1 aromatic heterocycles. The Kier molecular flexibility index (Phi) is 4.37. The van der Waals surface area contributed by atoms with Crippen LogP contribution in [0.4, 0.5) is 0 Å². The minimum absolute atomic E-state index is 0.269. The van der Waals surface area contributed by atoms with Gasteiger partial charge in [0.2, 0.25) is 0 Å². The van der Waals surface area contributed by atoms with Crippen LogP contribution >= 0.6 is 11.6 Å². The largest absolute Gasteiger partial charge is 0.496 e. The first kappa shape index (κ1) is 13.8. The van der Waals surface area contributed by atoms with Gasteiger partial charge in [0.25, 0.3) is 0 Å². The fraction of sp³-hybridized carbons (Fsp3) is 0.214. The predicted molar refractivity (Wildman–Crippen MR) is 76.1 cm³/mol. The fourth-order valence-electron chi connectivity index (χ4n) is 2.05. The predicted octanol–water partition coefficient (Wildman–Crippen LogP) is 2.60. The summed E-state index contributed by atoms with van der Waals surface area (Å²) in [6.45, 7) is 1.99. The summed E-state index contributed by atoms with van der Waals surface area (Å²) in [5.41, 5.74) is 5.54. The number of nitrogens with two attached hydrogens (primary N) is 1. The van der Waals surface area contributed by atoms with Crippen molar-refractivity contribution in [2.75, 3.05) is 7.11 Å². The smallest absolute Gasteiger partial charge is 0.124 e. The molecule has 0 aliphatic carbocycles. The van der Waals surface area contributed by atoms with Gasteiger partial charge in [-0.2, -0.15) is 0 Å². The van der Waals surface area contributed by atoms with Crippen LogP contribution in [0.3, 0.4) is 0 Å². The second-order valence-corrected chi connectivity index (χ2v) is 4.63. The normalized spacial score (nSPS) is 12.2. The number of hydrogen-bond donors (Lipinski definition) is 2. The SMILES string of the molecule is COc1ccc(Cl)cc1C(NN)c1ncccc1C. The maximum atomic E-state index is 6.06. The van der Waals surface area contributed by atoms with Gasteiger partial charge in [0.05, 0.1) is 18.8 Å². The topological polar surface area (TPSA) is 60.2 Å². The molecule has 0 aliphatic rings. The molecule has 0 aliphatic heterocycles. The second-order valence-electron chi connectivity index (χ2n) is 4.19. The lowest BCUT2D eigenvalue weighted by atomic mass is 9.99. The number of nitrogens with zero attached hydrogens (tertiary/aromatic N) is 1. The van der Waals surface area contributed by atoms with Crippen molar-refractivity contribution in [3.63, 3.8) is 0 Å². The molecule has 1 unspecified atom stereocenters. The number of methoxy groups -OCH3 is 1. The molecule has 0 fully saturated rings. The Hall–Kier alpha value is -1.62. The van der Waals surface area contributed by atoms with Crippen molar-refractivity contribution in [2.45, 2.75) is 13.0 Å². The van der Waals surface area contributed by atoms with Crippen LogP contribution in [0.1, 0.15) is 22.9 Å². The number of aryl methyl sites for hydroxylation is 1. The van der Waals surface area contributed by atoms with Crippen LogP contribution in [-0.2, 0) is 0 Å². The van der Waals surface area contributed by atoms with Gasteiger partial charge in [0.15, 0.2) is 0 Å². The van der Waals surface area contributed by atoms with E-state index in [4.69, 9.17) is 22.2 Å². The van der Waals surface area contributed by atoms with Crippen LogP contribution in [0, 0.1) is 6.92 Å². The average molecular weight is 278 g/mol. The summed E-state index contributed by atoms with van der Waals surface area (Å²) in [4.78, 5) is 4.39. The van der Waals surface area contributed by atoms with Crippen molar-refractivity contribution >= 4 is 11.6 Å². The van der Waals surface area contributed by atoms with E-state index in [1.807, 2.05) is 31.2 Å². The first-order valence-electron chi connectivity index (χ1n) is 5.88. The lowest BCUT2D eigenvalue weighted by molar-refractivity contribution is 0.403. The molecule has 0 saturated heterocycles. The van der Waals surface area contributed by atoms with E-state index in [2.05, 4.69) is 10.4 Å². The van der Waals surface area contributed by atoms with E-state index >= 15 is 0 Å². The highest BCUT2D eigenvalue weighted by molar-refractivity contribution is 6.30. The van der Waals surface area contributed by atoms with Gasteiger partial charge < -0.3 is 4.74 Å². The molecular formula is C14H16ClN3O. The standard InChI is InChI=1S/C14H16ClN3O/c1-9-4-3-7-17-13(9)14(18-16)11-8-10(15)5-6-12(11)19-2/h3-8,14,18H,16H2,1-2H3. The van der Waals surface area contributed by atoms with Crippen molar-refractivity contribution in [3.8, 4) is 5.75 Å². The Morgan fingerprint density at radius 1 is 1.37 bits per heavy atom. The molecular weight excluding hydrogens is 262 g/mol. The zero-order chi connectivity index (χ0) is 13.8. The molecule has 0 saturated carbocycles. The molecule has 100 valence electrons. The van der Waals surface area contributed by atoms with E-state index in [-0.39, 0.29) is 6.04 Å². The molecule has 5 heteroatoms. The van der Waals surface area contributed by atoms with Crippen LogP contribution in [0.25, 0.3) is 0 Å². The summed E-state index contributed by atoms with van der Waals surface area (Å²) >= 11 is 6.06. The maximum absolute atomic E-state index is 6.06. The Balaban J connectivity index is 2.54. The first-order chi connectivity index (χ1) is 9.17. The van der Waals surface area contributed by atoms with Gasteiger partial charge in [-0.1, -0.05) is 17.7 Å². The van der Waals surface area contributed by atoms with Crippen LogP contribution < -0.4 is 16.0 Å². The Morgan fingerprint density at radius 3 is 2.79 bits per heavy atom. The molecule has 3 N–H and O–H groups in total. The van der Waals surface area contributed by atoms with E-state index < -0.39 is 0 Å². The van der Waals surface area contributed by atoms with Gasteiger partial charge in [-0.05, 0) is 36.8 Å². The number of hydrogen-bond acceptors (Lipinski definition) is 4. The molecule has 1 aromatic carbocycles. The van der Waals surface area contributed by atoms with Crippen LogP contribution in [0.5, 0.6) is 5.75 Å². The summed E-state index contributed by atoms with van der Waals surface area (Å²) in [6.07, 6.45) is 1.74. The van der Waals surface area contributed by atoms with Gasteiger partial charge >= 0.3 is 0 Å². The van der Waals surface area contributed by atoms with Crippen molar-refractivity contribution in [2.24, 2.45) is 5.84 Å². The minimum Gasteiger partial charge on any atom is -0.496 e. The van der Waals surface area contributed by atoms with Gasteiger partial charge in [-0.15, -0.1) is 0 Å². The molecule has 4 nitrogen and oxygen atoms in total. The lowest BCUT2D eigenvalue weighted by Crippen LogP contribution is -2.30. The molecule has 19 heavy (non-hydrogen) atoms. The number of hydrazine groups is 1. The fourth-order valence-corrected chi connectivity index (χ4v) is 2.23. The Morgan fingerprint density at radius 2 is 2.16 bits per heavy atom. The minimum atomic E-state index is -0.269. The van der Waals surface area contributed by atoms with Crippen LogP contribution in [0.15, 0.2) is 36.5 Å². The molecule has 0 bridgehead atoms. The van der Waals surface area contributed by atoms with Gasteiger partial charge in [0, 0.05) is 16.8 Å². The summed E-state index contributed by atoms with van der Waals surface area (Å²) in [5.74, 6) is 6.41. The number of nitrogens with one attached hydrogen (secondary N) is 1. The maximum Gasteiger partial charge on any atom is 0.124 e. The van der Waals surface area contributed by atoms with E-state index in [9.17, 15) is 0 Å². The summed E-state index contributed by atoms with van der Waals surface area (Å²) in [6, 6.07) is 9.04. The van der Waals surface area contributed by atoms with Crippen LogP contribution in [-0.4, -0.2) is 12.1 Å². The highest BCUT2D eigenvalue weighted by atomic mass is 35.5. The third-order valence-corrected chi connectivity index (χ3v) is 3.23. The molecule has 0 amide bonds. The van der Waals surface area contributed by atoms with E-state index in [1.165, 1.54) is 0 Å². The Labute approximate surface area is 117 Å². The van der Waals surface area contributed by atoms with E-state index in [1.54, 1.807) is 19.4 Å². The molecule has 0 radical (unpaired) electrons. The third-order valence-electron chi connectivity index (χ3n) is 2.99. The Bertz CT molecular complexity index is 574. The number of benzene rings is 1. The zero-order valence-electron chi connectivity index (χ0n) is 10.9. The van der Waals surface area contributed by atoms with Crippen molar-refractivity contribution < 1.29 is 4.74 Å². The molecule has 1 heterocycles. The molecule has 2 aromatic rings. The first-order valence-corrected chi connectivity index (χ1v) is 6.26. The highest BCUT2D eigenvalue weighted by Gasteiger charge is 2.20. The summed E-state index contributed by atoms with van der Waals surface area (Å²) in [7, 11) is 1.62. The van der Waals surface area contributed by atoms with Gasteiger partial charge in [-0.3, -0.25) is 10.8 Å². The average Bonchev–Trinajstić information content (AvgIpc) is 2.42. The number of rotatable bonds is 4. The highest BCUT2D eigenvalue weighted by Crippen LogP contribution is 2.32. The van der Waals surface area contributed by atoms with Crippen molar-refractivity contribution in [1.82, 2.24) is 10.4 Å². The van der Waals surface area contributed by atoms with Gasteiger partial charge in [0.1, 0.15) is 5.75 Å². The van der Waals surface area contributed by atoms with E-state index in [0.29, 0.717) is 5.02 Å². The molecule has 0 spiro atoms. The summed E-state index contributed by atoms with van der Waals surface area (Å²) in [5, 5.41) is 0.629. The van der Waals surface area contributed by atoms with E-state index in [0.717, 1.165) is 22.6 Å². The number of aromatic nitrogens is 1. The second kappa shape index (κ2) is 6.02. The molecule has 2 rings (SSSR count). The van der Waals surface area contributed by atoms with Crippen LogP contribution in [0.2, 0.25) is 5.02 Å². The third kappa shape index (κ3) is 2.87. The summed E-state index contributed by atoms with van der Waals surface area (Å²) < 4.78 is 5.36. The lowest BCUT2D eigenvalue weighted by Gasteiger charge is -2.20. The van der Waals surface area contributed by atoms with Gasteiger partial charge in [-0.25, -0.2) is 5.43 Å². The monoisotopic (exact) mass is 277 g/mol. The molecule has 1 atom stereocenters. The number of ether oxygens (including phenoxy) is 1. The number of pyridine rings is 1.